The van der Waals surface area contributed by atoms with Crippen molar-refractivity contribution in [2.75, 3.05) is 0 Å². The van der Waals surface area contributed by atoms with Crippen LogP contribution in [0.4, 0.5) is 4.39 Å². The summed E-state index contributed by atoms with van der Waals surface area (Å²) in [4.78, 5) is 11.7. The fourth-order valence-electron chi connectivity index (χ4n) is 1.33. The van der Waals surface area contributed by atoms with Gasteiger partial charge in [-0.05, 0) is 17.7 Å². The Morgan fingerprint density at radius 3 is 2.27 bits per heavy atom. The number of hydrogen-bond acceptors (Lipinski definition) is 3. The largest absolute Gasteiger partial charge is 0.297 e. The molecule has 0 saturated heterocycles. The Bertz CT molecular complexity index is 335. The van der Waals surface area contributed by atoms with E-state index in [1.165, 1.54) is 12.1 Å². The van der Waals surface area contributed by atoms with Crippen LogP contribution in [0.1, 0.15) is 25.5 Å². The maximum Gasteiger partial charge on any atom is 0.158 e. The zero-order chi connectivity index (χ0) is 11.4. The number of benzene rings is 1. The minimum absolute atomic E-state index is 0.0101. The lowest BCUT2D eigenvalue weighted by molar-refractivity contribution is -0.124. The van der Waals surface area contributed by atoms with E-state index in [0.717, 1.165) is 0 Å². The number of nitrogens with one attached hydrogen (secondary N) is 1. The number of hydrogen-bond donors (Lipinski definition) is 2. The molecule has 0 radical (unpaired) electrons. The van der Waals surface area contributed by atoms with Crippen molar-refractivity contribution in [2.24, 2.45) is 11.8 Å². The Kier molecular flexibility index (Phi) is 3.94. The molecule has 0 bridgehead atoms. The van der Waals surface area contributed by atoms with Gasteiger partial charge in [0.05, 0.1) is 0 Å². The summed E-state index contributed by atoms with van der Waals surface area (Å²) < 4.78 is 12.7. The van der Waals surface area contributed by atoms with Crippen molar-refractivity contribution < 1.29 is 9.18 Å². The molecule has 1 unspecified atom stereocenters. The molecule has 0 aliphatic heterocycles. The molecule has 1 rings (SSSR count). The highest BCUT2D eigenvalue weighted by molar-refractivity contribution is 5.86. The standard InChI is InChI=1S/C11H15FN2O/c1-7(2)11(15)10(14-13)8-3-5-9(12)6-4-8/h3-7,10,14H,13H2,1-2H3. The smallest absolute Gasteiger partial charge is 0.158 e. The zero-order valence-corrected chi connectivity index (χ0v) is 8.83. The molecule has 0 heterocycles. The quantitative estimate of drug-likeness (QED) is 0.585. The fourth-order valence-corrected chi connectivity index (χ4v) is 1.33. The summed E-state index contributed by atoms with van der Waals surface area (Å²) in [5.74, 6) is 4.86. The average molecular weight is 210 g/mol. The molecular formula is C11H15FN2O. The van der Waals surface area contributed by atoms with Crippen LogP contribution in [-0.2, 0) is 4.79 Å². The van der Waals surface area contributed by atoms with Crippen molar-refractivity contribution in [3.05, 3.63) is 35.6 Å². The van der Waals surface area contributed by atoms with Crippen molar-refractivity contribution in [1.82, 2.24) is 5.43 Å². The first-order valence-electron chi connectivity index (χ1n) is 4.81. The van der Waals surface area contributed by atoms with E-state index in [2.05, 4.69) is 5.43 Å². The van der Waals surface area contributed by atoms with Crippen LogP contribution in [0.3, 0.4) is 0 Å². The van der Waals surface area contributed by atoms with Gasteiger partial charge in [-0.2, -0.15) is 0 Å². The van der Waals surface area contributed by atoms with Gasteiger partial charge in [0.2, 0.25) is 0 Å². The first-order valence-corrected chi connectivity index (χ1v) is 4.81. The predicted octanol–water partition coefficient (Wildman–Crippen LogP) is 1.56. The fraction of sp³-hybridized carbons (Fsp3) is 0.364. The molecule has 0 aliphatic rings. The van der Waals surface area contributed by atoms with E-state index in [1.807, 2.05) is 0 Å². The van der Waals surface area contributed by atoms with Gasteiger partial charge in [0.15, 0.2) is 5.78 Å². The summed E-state index contributed by atoms with van der Waals surface area (Å²) in [7, 11) is 0. The second-order valence-electron chi connectivity index (χ2n) is 3.71. The van der Waals surface area contributed by atoms with Crippen molar-refractivity contribution in [3.8, 4) is 0 Å². The van der Waals surface area contributed by atoms with Crippen LogP contribution in [-0.4, -0.2) is 5.78 Å². The van der Waals surface area contributed by atoms with Crippen LogP contribution in [0.5, 0.6) is 0 Å². The number of carbonyl (C=O) groups is 1. The van der Waals surface area contributed by atoms with Gasteiger partial charge in [-0.3, -0.25) is 10.6 Å². The molecule has 3 N–H and O–H groups in total. The summed E-state index contributed by atoms with van der Waals surface area (Å²) in [6.45, 7) is 3.60. The molecule has 0 amide bonds. The summed E-state index contributed by atoms with van der Waals surface area (Å²) in [5, 5.41) is 0. The molecule has 1 atom stereocenters. The minimum atomic E-state index is -0.564. The van der Waals surface area contributed by atoms with Gasteiger partial charge < -0.3 is 0 Å². The first kappa shape index (κ1) is 11.8. The van der Waals surface area contributed by atoms with Gasteiger partial charge in [0.1, 0.15) is 11.9 Å². The molecule has 0 spiro atoms. The van der Waals surface area contributed by atoms with Gasteiger partial charge in [0, 0.05) is 5.92 Å². The minimum Gasteiger partial charge on any atom is -0.297 e. The highest BCUT2D eigenvalue weighted by Crippen LogP contribution is 2.17. The molecule has 3 nitrogen and oxygen atoms in total. The van der Waals surface area contributed by atoms with Crippen molar-refractivity contribution in [1.29, 1.82) is 0 Å². The van der Waals surface area contributed by atoms with E-state index in [9.17, 15) is 9.18 Å². The average Bonchev–Trinajstić information content (AvgIpc) is 2.21. The third-order valence-corrected chi connectivity index (χ3v) is 2.22. The van der Waals surface area contributed by atoms with E-state index in [-0.39, 0.29) is 17.5 Å². The van der Waals surface area contributed by atoms with Gasteiger partial charge in [0.25, 0.3) is 0 Å². The van der Waals surface area contributed by atoms with Gasteiger partial charge in [-0.1, -0.05) is 26.0 Å². The molecule has 82 valence electrons. The van der Waals surface area contributed by atoms with Crippen LogP contribution >= 0.6 is 0 Å². The van der Waals surface area contributed by atoms with Crippen LogP contribution in [0.25, 0.3) is 0 Å². The Morgan fingerprint density at radius 1 is 1.33 bits per heavy atom. The second-order valence-corrected chi connectivity index (χ2v) is 3.71. The highest BCUT2D eigenvalue weighted by Gasteiger charge is 2.21. The lowest BCUT2D eigenvalue weighted by Crippen LogP contribution is -2.35. The van der Waals surface area contributed by atoms with Gasteiger partial charge in [-0.15, -0.1) is 0 Å². The van der Waals surface area contributed by atoms with E-state index in [1.54, 1.807) is 26.0 Å². The van der Waals surface area contributed by atoms with Crippen LogP contribution in [0.15, 0.2) is 24.3 Å². The second kappa shape index (κ2) is 5.00. The van der Waals surface area contributed by atoms with Crippen LogP contribution in [0, 0.1) is 11.7 Å². The molecule has 0 saturated carbocycles. The van der Waals surface area contributed by atoms with Gasteiger partial charge >= 0.3 is 0 Å². The van der Waals surface area contributed by atoms with Gasteiger partial charge in [-0.25, -0.2) is 9.82 Å². The first-order chi connectivity index (χ1) is 7.06. The molecule has 1 aromatic rings. The maximum atomic E-state index is 12.7. The van der Waals surface area contributed by atoms with E-state index < -0.39 is 6.04 Å². The molecule has 0 aliphatic carbocycles. The molecule has 0 aromatic heterocycles. The number of hydrazine groups is 1. The monoisotopic (exact) mass is 210 g/mol. The summed E-state index contributed by atoms with van der Waals surface area (Å²) in [6, 6.07) is 5.17. The molecule has 15 heavy (non-hydrogen) atoms. The number of carbonyl (C=O) groups excluding carboxylic acids is 1. The Hall–Kier alpha value is -1.26. The third kappa shape index (κ3) is 2.84. The Labute approximate surface area is 88.4 Å². The maximum absolute atomic E-state index is 12.7. The summed E-state index contributed by atoms with van der Waals surface area (Å²) >= 11 is 0. The third-order valence-electron chi connectivity index (χ3n) is 2.22. The summed E-state index contributed by atoms with van der Waals surface area (Å²) in [6.07, 6.45) is 0. The molecular weight excluding hydrogens is 195 g/mol. The normalized spacial score (nSPS) is 12.9. The SMILES string of the molecule is CC(C)C(=O)C(NN)c1ccc(F)cc1. The van der Waals surface area contributed by atoms with E-state index in [0.29, 0.717) is 5.56 Å². The number of ketones is 1. The predicted molar refractivity (Wildman–Crippen MR) is 56.3 cm³/mol. The molecule has 4 heteroatoms. The van der Waals surface area contributed by atoms with Crippen LogP contribution < -0.4 is 11.3 Å². The van der Waals surface area contributed by atoms with Crippen molar-refractivity contribution in [3.63, 3.8) is 0 Å². The number of halogens is 1. The van der Waals surface area contributed by atoms with E-state index >= 15 is 0 Å². The number of nitrogens with two attached hydrogens (primary N) is 1. The van der Waals surface area contributed by atoms with E-state index in [4.69, 9.17) is 5.84 Å². The van der Waals surface area contributed by atoms with Crippen molar-refractivity contribution >= 4 is 5.78 Å². The number of rotatable bonds is 4. The summed E-state index contributed by atoms with van der Waals surface area (Å²) in [5.41, 5.74) is 3.13. The Morgan fingerprint density at radius 2 is 1.87 bits per heavy atom. The lowest BCUT2D eigenvalue weighted by Gasteiger charge is -2.17. The molecule has 1 aromatic carbocycles. The zero-order valence-electron chi connectivity index (χ0n) is 8.83. The van der Waals surface area contributed by atoms with Crippen molar-refractivity contribution in [2.45, 2.75) is 19.9 Å². The highest BCUT2D eigenvalue weighted by atomic mass is 19.1. The number of Topliss-reactive ketones (excluding diaryl/α,β-unsaturated/α-hetero) is 1. The Balaban J connectivity index is 2.92. The van der Waals surface area contributed by atoms with Crippen LogP contribution in [0.2, 0.25) is 0 Å². The lowest BCUT2D eigenvalue weighted by atomic mass is 9.96. The topological polar surface area (TPSA) is 55.1 Å². The molecule has 0 fully saturated rings.